The molecule has 0 fully saturated rings. The molecule has 206 valence electrons. The quantitative estimate of drug-likeness (QED) is 0.173. The summed E-state index contributed by atoms with van der Waals surface area (Å²) in [5.74, 6) is 0.501. The molecule has 2 N–H and O–H groups in total. The highest BCUT2D eigenvalue weighted by molar-refractivity contribution is 5.94. The Morgan fingerprint density at radius 2 is 1.46 bits per heavy atom. The van der Waals surface area contributed by atoms with Gasteiger partial charge < -0.3 is 19.7 Å². The topological polar surface area (TPSA) is 87.6 Å². The van der Waals surface area contributed by atoms with Crippen molar-refractivity contribution in [3.05, 3.63) is 136 Å². The van der Waals surface area contributed by atoms with E-state index in [1.807, 2.05) is 91.9 Å². The first-order chi connectivity index (χ1) is 20.0. The van der Waals surface area contributed by atoms with Crippen molar-refractivity contribution in [3.63, 3.8) is 0 Å². The van der Waals surface area contributed by atoms with Crippen LogP contribution in [0.2, 0.25) is 0 Å². The zero-order valence-corrected chi connectivity index (χ0v) is 22.5. The molecule has 1 amide bonds. The third kappa shape index (κ3) is 6.70. The molecule has 1 aromatic heterocycles. The number of primary amides is 1. The van der Waals surface area contributed by atoms with E-state index >= 15 is 0 Å². The Morgan fingerprint density at radius 3 is 2.05 bits per heavy atom. The number of nitrogens with two attached hydrogens (primary N) is 1. The van der Waals surface area contributed by atoms with Gasteiger partial charge in [0.15, 0.2) is 11.5 Å². The summed E-state index contributed by atoms with van der Waals surface area (Å²) >= 11 is 0. The monoisotopic (exact) mass is 548 g/mol. The number of hydrogen-bond acceptors (Lipinski definition) is 5. The number of rotatable bonds is 11. The minimum atomic E-state index is -0.664. The van der Waals surface area contributed by atoms with E-state index in [2.05, 4.69) is 5.16 Å². The molecule has 0 atom stereocenters. The van der Waals surface area contributed by atoms with E-state index in [0.29, 0.717) is 48.0 Å². The van der Waals surface area contributed by atoms with Crippen LogP contribution < -0.4 is 15.2 Å². The average molecular weight is 549 g/mol. The number of benzene rings is 4. The number of amides is 1. The minimum absolute atomic E-state index is 0.0873. The highest BCUT2D eigenvalue weighted by Gasteiger charge is 2.24. The molecule has 0 bridgehead atoms. The van der Waals surface area contributed by atoms with Crippen molar-refractivity contribution in [1.29, 1.82) is 0 Å². The predicted molar refractivity (Wildman–Crippen MR) is 157 cm³/mol. The number of halogens is 1. The molecule has 0 unspecified atom stereocenters. The van der Waals surface area contributed by atoms with Crippen LogP contribution in [0.4, 0.5) is 4.39 Å². The molecule has 0 aliphatic rings. The van der Waals surface area contributed by atoms with Crippen LogP contribution in [-0.4, -0.2) is 11.1 Å². The smallest absolute Gasteiger partial charge is 0.271 e. The summed E-state index contributed by atoms with van der Waals surface area (Å²) in [6.07, 6.45) is 4.23. The van der Waals surface area contributed by atoms with Crippen LogP contribution in [0.1, 0.15) is 45.2 Å². The van der Waals surface area contributed by atoms with Crippen LogP contribution in [0.25, 0.3) is 23.5 Å². The van der Waals surface area contributed by atoms with Gasteiger partial charge in [-0.2, -0.15) is 0 Å². The predicted octanol–water partition coefficient (Wildman–Crippen LogP) is 7.47. The molecule has 7 heteroatoms. The number of aromatic nitrogens is 1. The number of hydrogen-bond donors (Lipinski definition) is 1. The lowest BCUT2D eigenvalue weighted by molar-refractivity contribution is 0.0991. The molecule has 0 radical (unpaired) electrons. The van der Waals surface area contributed by atoms with Crippen LogP contribution in [0, 0.1) is 5.82 Å². The van der Waals surface area contributed by atoms with Crippen LogP contribution >= 0.6 is 0 Å². The second-order valence-corrected chi connectivity index (χ2v) is 9.38. The van der Waals surface area contributed by atoms with Crippen molar-refractivity contribution in [2.45, 2.75) is 26.6 Å². The fourth-order valence-electron chi connectivity index (χ4n) is 4.40. The highest BCUT2D eigenvalue weighted by atomic mass is 19.1. The Hall–Kier alpha value is -5.17. The molecule has 5 rings (SSSR count). The van der Waals surface area contributed by atoms with Crippen molar-refractivity contribution in [2.75, 3.05) is 0 Å². The van der Waals surface area contributed by atoms with Gasteiger partial charge in [-0.25, -0.2) is 4.39 Å². The molecule has 4 aromatic carbocycles. The first-order valence-electron chi connectivity index (χ1n) is 13.3. The Kier molecular flexibility index (Phi) is 8.55. The van der Waals surface area contributed by atoms with E-state index in [4.69, 9.17) is 19.7 Å². The summed E-state index contributed by atoms with van der Waals surface area (Å²) in [5, 5.41) is 3.96. The summed E-state index contributed by atoms with van der Waals surface area (Å²) in [6.45, 7) is 2.54. The van der Waals surface area contributed by atoms with Gasteiger partial charge in [-0.05, 0) is 41.3 Å². The van der Waals surface area contributed by atoms with Crippen LogP contribution in [-0.2, 0) is 19.6 Å². The van der Waals surface area contributed by atoms with Crippen LogP contribution in [0.3, 0.4) is 0 Å². The van der Waals surface area contributed by atoms with Crippen molar-refractivity contribution >= 4 is 18.1 Å². The molecule has 0 saturated heterocycles. The van der Waals surface area contributed by atoms with Gasteiger partial charge in [0, 0.05) is 17.2 Å². The first-order valence-corrected chi connectivity index (χ1v) is 13.3. The molecular weight excluding hydrogens is 519 g/mol. The average Bonchev–Trinajstić information content (AvgIpc) is 3.44. The number of carbonyl (C=O) groups excluding carboxylic acids is 1. The Labute approximate surface area is 237 Å². The van der Waals surface area contributed by atoms with E-state index in [1.54, 1.807) is 12.1 Å². The summed E-state index contributed by atoms with van der Waals surface area (Å²) < 4.78 is 31.8. The summed E-state index contributed by atoms with van der Waals surface area (Å²) in [4.78, 5) is 12.1. The molecule has 6 nitrogen and oxygen atoms in total. The Bertz CT molecular complexity index is 1650. The van der Waals surface area contributed by atoms with Gasteiger partial charge in [-0.3, -0.25) is 4.79 Å². The maximum atomic E-state index is 13.5. The largest absolute Gasteiger partial charge is 0.488 e. The second kappa shape index (κ2) is 12.8. The standard InChI is InChI=1S/C34H29FN2O4/c1-2-28-32(34(36)38)37-41-33(28)29-19-26(16-13-23-14-17-27(35)18-15-23)30(39-21-24-9-5-3-6-10-24)20-31(29)40-22-25-11-7-4-8-12-25/h3-20H,2,21-22H2,1H3,(H2,36,38). The van der Waals surface area contributed by atoms with E-state index in [9.17, 15) is 9.18 Å². The molecule has 5 aromatic rings. The van der Waals surface area contributed by atoms with E-state index in [1.165, 1.54) is 12.1 Å². The second-order valence-electron chi connectivity index (χ2n) is 9.38. The van der Waals surface area contributed by atoms with Gasteiger partial charge in [0.25, 0.3) is 5.91 Å². The van der Waals surface area contributed by atoms with Crippen molar-refractivity contribution in [2.24, 2.45) is 5.73 Å². The van der Waals surface area contributed by atoms with Crippen LogP contribution in [0.15, 0.2) is 102 Å². The van der Waals surface area contributed by atoms with Gasteiger partial charge in [0.2, 0.25) is 0 Å². The van der Waals surface area contributed by atoms with Gasteiger partial charge in [0.05, 0.1) is 5.56 Å². The van der Waals surface area contributed by atoms with Gasteiger partial charge in [-0.1, -0.05) is 97.0 Å². The van der Waals surface area contributed by atoms with Crippen molar-refractivity contribution in [3.8, 4) is 22.8 Å². The fourth-order valence-corrected chi connectivity index (χ4v) is 4.40. The zero-order chi connectivity index (χ0) is 28.6. The Balaban J connectivity index is 1.61. The minimum Gasteiger partial charge on any atom is -0.488 e. The van der Waals surface area contributed by atoms with Crippen LogP contribution in [0.5, 0.6) is 11.5 Å². The molecule has 0 aliphatic heterocycles. The van der Waals surface area contributed by atoms with Crippen molar-refractivity contribution in [1.82, 2.24) is 5.16 Å². The summed E-state index contributed by atoms with van der Waals surface area (Å²) in [5.41, 5.74) is 10.4. The fraction of sp³-hybridized carbons (Fsp3) is 0.118. The number of nitrogens with zero attached hydrogens (tertiary/aromatic N) is 1. The number of ether oxygens (including phenoxy) is 2. The van der Waals surface area contributed by atoms with Gasteiger partial charge >= 0.3 is 0 Å². The summed E-state index contributed by atoms with van der Waals surface area (Å²) in [7, 11) is 0. The van der Waals surface area contributed by atoms with E-state index in [-0.39, 0.29) is 11.5 Å². The van der Waals surface area contributed by atoms with Gasteiger partial charge in [-0.15, -0.1) is 0 Å². The molecule has 0 aliphatic carbocycles. The normalized spacial score (nSPS) is 11.1. The van der Waals surface area contributed by atoms with Crippen molar-refractivity contribution < 1.29 is 23.2 Å². The third-order valence-electron chi connectivity index (χ3n) is 6.53. The molecule has 0 saturated carbocycles. The van der Waals surface area contributed by atoms with E-state index < -0.39 is 5.91 Å². The molecular formula is C34H29FN2O4. The Morgan fingerprint density at radius 1 is 0.854 bits per heavy atom. The molecule has 1 heterocycles. The molecule has 41 heavy (non-hydrogen) atoms. The SMILES string of the molecule is CCc1c(C(N)=O)noc1-c1cc(C=Cc2ccc(F)cc2)c(OCc2ccccc2)cc1OCc1ccccc1. The third-order valence-corrected chi connectivity index (χ3v) is 6.53. The first kappa shape index (κ1) is 27.4. The lowest BCUT2D eigenvalue weighted by Gasteiger charge is -2.16. The summed E-state index contributed by atoms with van der Waals surface area (Å²) in [6, 6.07) is 29.5. The van der Waals surface area contributed by atoms with E-state index in [0.717, 1.165) is 22.3 Å². The maximum Gasteiger partial charge on any atom is 0.271 e. The maximum absolute atomic E-state index is 13.5. The number of carbonyl (C=O) groups is 1. The lowest BCUT2D eigenvalue weighted by Crippen LogP contribution is -2.13. The molecule has 0 spiro atoms. The lowest BCUT2D eigenvalue weighted by atomic mass is 10.00. The highest BCUT2D eigenvalue weighted by Crippen LogP contribution is 2.40. The van der Waals surface area contributed by atoms with Gasteiger partial charge in [0.1, 0.15) is 30.5 Å². The zero-order valence-electron chi connectivity index (χ0n) is 22.5.